The lowest BCUT2D eigenvalue weighted by Gasteiger charge is -2.65. The lowest BCUT2D eigenvalue weighted by molar-refractivity contribution is -0.306. The fraction of sp³-hybridized carbons (Fsp3) is 0.897. The fourth-order valence-electron chi connectivity index (χ4n) is 11.8. The first-order valence-corrected chi connectivity index (χ1v) is 30.1. The Balaban J connectivity index is 1.24. The van der Waals surface area contributed by atoms with Crippen molar-refractivity contribution >= 4 is 37.2 Å². The van der Waals surface area contributed by atoms with Crippen molar-refractivity contribution < 1.29 is 41.8 Å². The predicted octanol–water partition coefficient (Wildman–Crippen LogP) is 7.87. The van der Waals surface area contributed by atoms with E-state index < -0.39 is 37.3 Å². The number of cyclic esters (lactones) is 1. The summed E-state index contributed by atoms with van der Waals surface area (Å²) in [6, 6.07) is 0. The highest BCUT2D eigenvalue weighted by Crippen LogP contribution is 2.71. The molecule has 13 atom stereocenters. The summed E-state index contributed by atoms with van der Waals surface area (Å²) in [5.41, 5.74) is 0.358. The van der Waals surface area contributed by atoms with Gasteiger partial charge in [0.15, 0.2) is 31.2 Å². The van der Waals surface area contributed by atoms with E-state index in [1.165, 1.54) is 6.29 Å². The molecule has 0 aromatic heterocycles. The summed E-state index contributed by atoms with van der Waals surface area (Å²) in [5, 5.41) is 0. The van der Waals surface area contributed by atoms with Crippen LogP contribution in [-0.4, -0.2) is 93.3 Å². The highest BCUT2D eigenvalue weighted by Gasteiger charge is 2.70. The average Bonchev–Trinajstić information content (AvgIpc) is 3.57. The summed E-state index contributed by atoms with van der Waals surface area (Å²) in [5.74, 6) is 0.899. The number of methoxy groups -OCH3 is 1. The second-order valence-electron chi connectivity index (χ2n) is 20.0. The third-order valence-corrected chi connectivity index (χ3v) is 16.4. The van der Waals surface area contributed by atoms with E-state index in [0.29, 0.717) is 12.5 Å². The summed E-state index contributed by atoms with van der Waals surface area (Å²) < 4.78 is 46.2. The molecule has 0 aromatic rings. The molecule has 9 nitrogen and oxygen atoms in total. The molecule has 0 amide bonds. The number of carbonyl (C=O) groups excluding carboxylic acids is 2. The first-order valence-electron chi connectivity index (χ1n) is 19.9. The third kappa shape index (κ3) is 7.49. The van der Waals surface area contributed by atoms with Gasteiger partial charge in [-0.1, -0.05) is 6.92 Å². The number of rotatable bonds is 11. The van der Waals surface area contributed by atoms with Gasteiger partial charge in [-0.05, 0) is 153 Å². The maximum Gasteiger partial charge on any atom is 0.331 e. The molecule has 12 heteroatoms. The van der Waals surface area contributed by atoms with Crippen LogP contribution in [0.3, 0.4) is 0 Å². The number of carbonyl (C=O) groups is 2. The van der Waals surface area contributed by atoms with Gasteiger partial charge in [0.25, 0.3) is 0 Å². The lowest BCUT2D eigenvalue weighted by Crippen LogP contribution is -2.66. The SMILES string of the molecule is COC1C(O[Si](C)(C)C)C(C)OC(OC2CCC3(C=O)C(CCC4C3CCC3(C)C(C5=CC(=O)OC5)CCC43O[Si](C)(C)C)C2)C1O[Si](C)(C)C. The number of aldehydes is 1. The molecule has 51 heavy (non-hydrogen) atoms. The molecule has 5 fully saturated rings. The van der Waals surface area contributed by atoms with Crippen molar-refractivity contribution in [2.75, 3.05) is 13.7 Å². The van der Waals surface area contributed by atoms with Crippen molar-refractivity contribution in [3.63, 3.8) is 0 Å². The predicted molar refractivity (Wildman–Crippen MR) is 205 cm³/mol. The number of fused-ring (bicyclic) bond motifs is 5. The Labute approximate surface area is 311 Å². The Hall–Kier alpha value is -0.709. The van der Waals surface area contributed by atoms with Crippen LogP contribution >= 0.6 is 0 Å². The number of esters is 1. The first-order chi connectivity index (χ1) is 23.7. The first kappa shape index (κ1) is 40.0. The zero-order valence-electron chi connectivity index (χ0n) is 33.7. The van der Waals surface area contributed by atoms with Gasteiger partial charge in [-0.3, -0.25) is 0 Å². The Morgan fingerprint density at radius 3 is 2.10 bits per heavy atom. The van der Waals surface area contributed by atoms with Crippen LogP contribution in [0.4, 0.5) is 0 Å². The molecule has 0 radical (unpaired) electrons. The minimum absolute atomic E-state index is 0.0275. The molecule has 4 aliphatic carbocycles. The van der Waals surface area contributed by atoms with Gasteiger partial charge in [0, 0.05) is 24.0 Å². The van der Waals surface area contributed by atoms with Crippen LogP contribution in [0.25, 0.3) is 0 Å². The van der Waals surface area contributed by atoms with Gasteiger partial charge in [-0.25, -0.2) is 4.79 Å². The van der Waals surface area contributed by atoms with Gasteiger partial charge in [0.1, 0.15) is 25.1 Å². The molecule has 2 heterocycles. The molecule has 6 aliphatic rings. The summed E-state index contributed by atoms with van der Waals surface area (Å²) in [6.07, 6.45) is 9.91. The monoisotopic (exact) mass is 764 g/mol. The third-order valence-electron chi connectivity index (χ3n) is 13.5. The van der Waals surface area contributed by atoms with Crippen molar-refractivity contribution in [1.82, 2.24) is 0 Å². The Morgan fingerprint density at radius 2 is 1.51 bits per heavy atom. The molecule has 0 N–H and O–H groups in total. The second-order valence-corrected chi connectivity index (χ2v) is 33.4. The van der Waals surface area contributed by atoms with Gasteiger partial charge < -0.3 is 37.0 Å². The standard InChI is InChI=1S/C39H68O9Si3/c1-25-33(46-49(4,5)6)34(42-3)35(47-50(7,8)9)36(44-25)45-28-15-19-38(24-40)27(22-28)13-14-31-30(38)16-18-37(2)29(26-21-32(41)43-23-26)17-20-39(31,37)48-51(10,11)12/h21,24-25,27-31,33-36H,13-20,22-23H2,1-12H3. The molecule has 6 rings (SSSR count). The summed E-state index contributed by atoms with van der Waals surface area (Å²) in [7, 11) is -4.14. The maximum absolute atomic E-state index is 13.6. The van der Waals surface area contributed by atoms with E-state index in [1.807, 2.05) is 0 Å². The summed E-state index contributed by atoms with van der Waals surface area (Å²) >= 11 is 0. The molecule has 0 bridgehead atoms. The molecular formula is C39H68O9Si3. The van der Waals surface area contributed by atoms with Crippen molar-refractivity contribution in [2.45, 2.75) is 173 Å². The molecule has 0 aromatic carbocycles. The smallest absolute Gasteiger partial charge is 0.331 e. The second kappa shape index (κ2) is 14.1. The number of hydrogen-bond acceptors (Lipinski definition) is 9. The quantitative estimate of drug-likeness (QED) is 0.0902. The molecule has 1 saturated heterocycles. The Bertz CT molecular complexity index is 1340. The zero-order valence-corrected chi connectivity index (χ0v) is 36.7. The number of hydrogen-bond donors (Lipinski definition) is 0. The van der Waals surface area contributed by atoms with Crippen LogP contribution in [-0.2, 0) is 41.8 Å². The zero-order chi connectivity index (χ0) is 37.4. The molecule has 2 aliphatic heterocycles. The van der Waals surface area contributed by atoms with Crippen LogP contribution in [0.5, 0.6) is 0 Å². The normalized spacial score (nSPS) is 44.6. The van der Waals surface area contributed by atoms with E-state index in [2.05, 4.69) is 72.8 Å². The molecule has 4 saturated carbocycles. The Kier molecular flexibility index (Phi) is 11.0. The van der Waals surface area contributed by atoms with Crippen LogP contribution in [0.15, 0.2) is 11.6 Å². The van der Waals surface area contributed by atoms with E-state index in [0.717, 1.165) is 63.4 Å². The maximum atomic E-state index is 13.6. The van der Waals surface area contributed by atoms with Gasteiger partial charge >= 0.3 is 5.97 Å². The topological polar surface area (TPSA) is 98.8 Å². The van der Waals surface area contributed by atoms with Gasteiger partial charge in [0.2, 0.25) is 0 Å². The van der Waals surface area contributed by atoms with Gasteiger partial charge in [-0.15, -0.1) is 0 Å². The minimum atomic E-state index is -2.01. The van der Waals surface area contributed by atoms with E-state index in [-0.39, 0.29) is 64.6 Å². The summed E-state index contributed by atoms with van der Waals surface area (Å²) in [6.45, 7) is 25.0. The molecular weight excluding hydrogens is 697 g/mol. The van der Waals surface area contributed by atoms with Crippen LogP contribution in [0.1, 0.15) is 71.6 Å². The van der Waals surface area contributed by atoms with Crippen LogP contribution in [0, 0.1) is 34.5 Å². The van der Waals surface area contributed by atoms with E-state index in [9.17, 15) is 9.59 Å². The van der Waals surface area contributed by atoms with Crippen molar-refractivity contribution in [3.05, 3.63) is 11.6 Å². The fourth-order valence-corrected chi connectivity index (χ4v) is 15.6. The summed E-state index contributed by atoms with van der Waals surface area (Å²) in [4.78, 5) is 25.8. The van der Waals surface area contributed by atoms with E-state index in [1.54, 1.807) is 13.2 Å². The van der Waals surface area contributed by atoms with Gasteiger partial charge in [-0.2, -0.15) is 0 Å². The number of ether oxygens (including phenoxy) is 4. The molecule has 13 unspecified atom stereocenters. The average molecular weight is 765 g/mol. The molecule has 290 valence electrons. The highest BCUT2D eigenvalue weighted by atomic mass is 28.4. The van der Waals surface area contributed by atoms with Crippen LogP contribution < -0.4 is 0 Å². The lowest BCUT2D eigenvalue weighted by atomic mass is 9.43. The Morgan fingerprint density at radius 1 is 0.824 bits per heavy atom. The van der Waals surface area contributed by atoms with Gasteiger partial charge in [0.05, 0.1) is 23.9 Å². The van der Waals surface area contributed by atoms with Crippen LogP contribution in [0.2, 0.25) is 58.9 Å². The van der Waals surface area contributed by atoms with E-state index in [4.69, 9.17) is 32.2 Å². The van der Waals surface area contributed by atoms with Crippen molar-refractivity contribution in [3.8, 4) is 0 Å². The molecule has 0 spiro atoms. The van der Waals surface area contributed by atoms with E-state index >= 15 is 0 Å². The highest BCUT2D eigenvalue weighted by molar-refractivity contribution is 6.70. The minimum Gasteiger partial charge on any atom is -0.458 e. The van der Waals surface area contributed by atoms with Crippen molar-refractivity contribution in [1.29, 1.82) is 0 Å². The van der Waals surface area contributed by atoms with Crippen molar-refractivity contribution in [2.24, 2.45) is 34.5 Å². The largest absolute Gasteiger partial charge is 0.458 e.